The van der Waals surface area contributed by atoms with E-state index in [2.05, 4.69) is 52.5 Å². The molecule has 2 aromatic carbocycles. The number of nitrogens with one attached hydrogen (secondary N) is 1. The lowest BCUT2D eigenvalue weighted by Crippen LogP contribution is -2.34. The Labute approximate surface area is 161 Å². The van der Waals surface area contributed by atoms with Crippen LogP contribution in [-0.2, 0) is 9.53 Å². The summed E-state index contributed by atoms with van der Waals surface area (Å²) in [6, 6.07) is 19.1. The van der Waals surface area contributed by atoms with Crippen LogP contribution in [-0.4, -0.2) is 25.2 Å². The van der Waals surface area contributed by atoms with Crippen molar-refractivity contribution in [3.63, 3.8) is 0 Å². The zero-order valence-electron chi connectivity index (χ0n) is 15.7. The summed E-state index contributed by atoms with van der Waals surface area (Å²) in [6.07, 6.45) is 1.18. The van der Waals surface area contributed by atoms with Crippen LogP contribution in [0.2, 0.25) is 5.02 Å². The third kappa shape index (κ3) is 6.47. The zero-order chi connectivity index (χ0) is 19.0. The minimum absolute atomic E-state index is 0.318. The van der Waals surface area contributed by atoms with Gasteiger partial charge in [0.1, 0.15) is 5.60 Å². The molecule has 0 aromatic heterocycles. The summed E-state index contributed by atoms with van der Waals surface area (Å²) in [5.41, 5.74) is 2.46. The van der Waals surface area contributed by atoms with Crippen LogP contribution < -0.4 is 5.32 Å². The van der Waals surface area contributed by atoms with Crippen molar-refractivity contribution in [2.24, 2.45) is 0 Å². The second-order valence-electron chi connectivity index (χ2n) is 7.50. The highest BCUT2D eigenvalue weighted by Gasteiger charge is 2.27. The first-order valence-electron chi connectivity index (χ1n) is 9.03. The molecule has 3 nitrogen and oxygen atoms in total. The van der Waals surface area contributed by atoms with E-state index in [-0.39, 0.29) is 5.60 Å². The predicted octanol–water partition coefficient (Wildman–Crippen LogP) is 5.16. The third-order valence-electron chi connectivity index (χ3n) is 4.39. The van der Waals surface area contributed by atoms with Crippen LogP contribution in [0.15, 0.2) is 54.6 Å². The molecule has 1 aliphatic rings. The smallest absolute Gasteiger partial charge is 0.293 e. The van der Waals surface area contributed by atoms with Gasteiger partial charge in [0.05, 0.1) is 0 Å². The van der Waals surface area contributed by atoms with Gasteiger partial charge in [-0.3, -0.25) is 4.79 Å². The summed E-state index contributed by atoms with van der Waals surface area (Å²) in [5.74, 6) is 1.09. The fourth-order valence-electron chi connectivity index (χ4n) is 3.19. The van der Waals surface area contributed by atoms with Crippen molar-refractivity contribution in [1.29, 1.82) is 0 Å². The molecule has 1 N–H and O–H groups in total. The Hall–Kier alpha value is -1.84. The molecule has 140 valence electrons. The van der Waals surface area contributed by atoms with Gasteiger partial charge in [0.15, 0.2) is 0 Å². The van der Waals surface area contributed by atoms with E-state index in [1.165, 1.54) is 17.5 Å². The first-order valence-corrected chi connectivity index (χ1v) is 9.41. The Morgan fingerprint density at radius 1 is 1.04 bits per heavy atom. The molecule has 0 radical (unpaired) electrons. The molecule has 1 fully saturated rings. The maximum atomic E-state index is 9.60. The SMILES string of the molecule is CC(C)(C)OC=O.Clc1cccc([C@@H]2CNCC[C@H]2c2ccccc2)c1. The number of ether oxygens (including phenoxy) is 1. The Morgan fingerprint density at radius 3 is 2.31 bits per heavy atom. The first-order chi connectivity index (χ1) is 12.4. The topological polar surface area (TPSA) is 38.3 Å². The lowest BCUT2D eigenvalue weighted by Gasteiger charge is -2.33. The summed E-state index contributed by atoms with van der Waals surface area (Å²) in [7, 11) is 0. The van der Waals surface area contributed by atoms with Gasteiger partial charge in [-0.1, -0.05) is 54.1 Å². The third-order valence-corrected chi connectivity index (χ3v) is 4.62. The first kappa shape index (κ1) is 20.5. The number of piperidine rings is 1. The fourth-order valence-corrected chi connectivity index (χ4v) is 3.39. The van der Waals surface area contributed by atoms with Gasteiger partial charge in [-0.15, -0.1) is 0 Å². The van der Waals surface area contributed by atoms with E-state index in [0.29, 0.717) is 18.3 Å². The van der Waals surface area contributed by atoms with Crippen LogP contribution >= 0.6 is 11.6 Å². The second kappa shape index (κ2) is 9.75. The molecule has 1 saturated heterocycles. The summed E-state index contributed by atoms with van der Waals surface area (Å²) >= 11 is 6.14. The molecular formula is C22H28ClNO2. The van der Waals surface area contributed by atoms with E-state index in [1.54, 1.807) is 0 Å². The van der Waals surface area contributed by atoms with Crippen LogP contribution in [0.5, 0.6) is 0 Å². The van der Waals surface area contributed by atoms with Crippen molar-refractivity contribution in [1.82, 2.24) is 5.32 Å². The van der Waals surface area contributed by atoms with Gasteiger partial charge in [-0.25, -0.2) is 0 Å². The molecule has 4 heteroatoms. The quantitative estimate of drug-likeness (QED) is 0.755. The molecule has 0 amide bonds. The molecule has 2 atom stereocenters. The molecule has 0 spiro atoms. The number of benzene rings is 2. The van der Waals surface area contributed by atoms with E-state index in [4.69, 9.17) is 11.6 Å². The van der Waals surface area contributed by atoms with Crippen molar-refractivity contribution in [3.05, 3.63) is 70.7 Å². The van der Waals surface area contributed by atoms with Crippen LogP contribution in [0.1, 0.15) is 50.2 Å². The van der Waals surface area contributed by atoms with Crippen molar-refractivity contribution >= 4 is 18.1 Å². The molecule has 0 aliphatic carbocycles. The minimum Gasteiger partial charge on any atom is -0.462 e. The van der Waals surface area contributed by atoms with Crippen LogP contribution in [0.4, 0.5) is 0 Å². The number of hydrogen-bond donors (Lipinski definition) is 1. The Kier molecular flexibility index (Phi) is 7.67. The Morgan fingerprint density at radius 2 is 1.73 bits per heavy atom. The van der Waals surface area contributed by atoms with E-state index in [0.717, 1.165) is 18.1 Å². The highest BCUT2D eigenvalue weighted by molar-refractivity contribution is 6.30. The molecule has 0 bridgehead atoms. The van der Waals surface area contributed by atoms with Crippen molar-refractivity contribution in [3.8, 4) is 0 Å². The van der Waals surface area contributed by atoms with Crippen molar-refractivity contribution < 1.29 is 9.53 Å². The lowest BCUT2D eigenvalue weighted by molar-refractivity contribution is -0.138. The molecular weight excluding hydrogens is 346 g/mol. The second-order valence-corrected chi connectivity index (χ2v) is 7.93. The summed E-state index contributed by atoms with van der Waals surface area (Å²) in [4.78, 5) is 9.60. The number of halogens is 1. The maximum Gasteiger partial charge on any atom is 0.293 e. The molecule has 2 aromatic rings. The van der Waals surface area contributed by atoms with Gasteiger partial charge < -0.3 is 10.1 Å². The van der Waals surface area contributed by atoms with Crippen LogP contribution in [0.3, 0.4) is 0 Å². The molecule has 3 rings (SSSR count). The predicted molar refractivity (Wildman–Crippen MR) is 108 cm³/mol. The van der Waals surface area contributed by atoms with Gasteiger partial charge in [-0.05, 0) is 62.9 Å². The van der Waals surface area contributed by atoms with Gasteiger partial charge in [-0.2, -0.15) is 0 Å². The number of rotatable bonds is 3. The van der Waals surface area contributed by atoms with Gasteiger partial charge in [0, 0.05) is 17.5 Å². The van der Waals surface area contributed by atoms with Crippen molar-refractivity contribution in [2.75, 3.05) is 13.1 Å². The summed E-state index contributed by atoms with van der Waals surface area (Å²) in [6.45, 7) is 8.04. The maximum absolute atomic E-state index is 9.60. The van der Waals surface area contributed by atoms with E-state index >= 15 is 0 Å². The average Bonchev–Trinajstić information content (AvgIpc) is 2.62. The normalized spacial score (nSPS) is 19.8. The summed E-state index contributed by atoms with van der Waals surface area (Å²) in [5, 5.41) is 4.34. The lowest BCUT2D eigenvalue weighted by atomic mass is 9.77. The number of carbonyl (C=O) groups is 1. The van der Waals surface area contributed by atoms with Gasteiger partial charge >= 0.3 is 0 Å². The fraction of sp³-hybridized carbons (Fsp3) is 0.409. The molecule has 0 unspecified atom stereocenters. The van der Waals surface area contributed by atoms with Gasteiger partial charge in [0.25, 0.3) is 6.47 Å². The highest BCUT2D eigenvalue weighted by Crippen LogP contribution is 2.37. The van der Waals surface area contributed by atoms with Crippen molar-refractivity contribution in [2.45, 2.75) is 44.6 Å². The Balaban J connectivity index is 0.000000298. The highest BCUT2D eigenvalue weighted by atomic mass is 35.5. The monoisotopic (exact) mass is 373 g/mol. The van der Waals surface area contributed by atoms with Crippen LogP contribution in [0.25, 0.3) is 0 Å². The standard InChI is InChI=1S/C17H18ClN.C5H10O2/c18-15-8-4-7-14(11-15)17-12-19-10-9-16(17)13-5-2-1-3-6-13;1-5(2,3)7-4-6/h1-8,11,16-17,19H,9-10,12H2;4H,1-3H3/t16-,17-;/m0./s1. The number of hydrogen-bond acceptors (Lipinski definition) is 3. The van der Waals surface area contributed by atoms with E-state index in [9.17, 15) is 4.79 Å². The number of carbonyl (C=O) groups excluding carboxylic acids is 1. The molecule has 1 heterocycles. The van der Waals surface area contributed by atoms with Gasteiger partial charge in [0.2, 0.25) is 0 Å². The van der Waals surface area contributed by atoms with Crippen LogP contribution in [0, 0.1) is 0 Å². The van der Waals surface area contributed by atoms with E-state index in [1.807, 2.05) is 32.9 Å². The minimum atomic E-state index is -0.318. The average molecular weight is 374 g/mol. The molecule has 0 saturated carbocycles. The van der Waals surface area contributed by atoms with E-state index < -0.39 is 0 Å². The molecule has 26 heavy (non-hydrogen) atoms. The summed E-state index contributed by atoms with van der Waals surface area (Å²) < 4.78 is 4.55. The largest absolute Gasteiger partial charge is 0.462 e. The Bertz CT molecular complexity index is 682. The zero-order valence-corrected chi connectivity index (χ0v) is 16.5. The molecule has 1 aliphatic heterocycles.